The van der Waals surface area contributed by atoms with Gasteiger partial charge in [0.05, 0.1) is 13.1 Å². The standard InChI is InChI=1S/C23H42FO2Si/c1-6-8-10-11-12-13-20-19(18(3)17-22(20)25)15-16-23(26-27(4)5)21(24)14-9-7-2/h11-12,18-21,23H,6-10,13-17H2,1-5H3/q+1/b12-11-. The van der Waals surface area contributed by atoms with E-state index in [2.05, 4.69) is 46.0 Å². The number of unbranched alkanes of at least 4 members (excludes halogenated alkanes) is 3. The van der Waals surface area contributed by atoms with Gasteiger partial charge in [-0.05, 0) is 43.9 Å². The molecule has 5 unspecified atom stereocenters. The van der Waals surface area contributed by atoms with Crippen LogP contribution in [0.3, 0.4) is 0 Å². The van der Waals surface area contributed by atoms with Crippen molar-refractivity contribution in [3.63, 3.8) is 0 Å². The molecule has 0 aromatic rings. The Morgan fingerprint density at radius 2 is 1.89 bits per heavy atom. The van der Waals surface area contributed by atoms with Gasteiger partial charge in [0.2, 0.25) is 0 Å². The quantitative estimate of drug-likeness (QED) is 0.181. The van der Waals surface area contributed by atoms with Crippen LogP contribution in [0.4, 0.5) is 4.39 Å². The van der Waals surface area contributed by atoms with E-state index in [1.165, 1.54) is 12.8 Å². The number of ketones is 1. The molecule has 0 aliphatic heterocycles. The van der Waals surface area contributed by atoms with Crippen LogP contribution in [0.5, 0.6) is 0 Å². The highest BCUT2D eigenvalue weighted by Gasteiger charge is 2.40. The summed E-state index contributed by atoms with van der Waals surface area (Å²) in [4.78, 5) is 12.5. The summed E-state index contributed by atoms with van der Waals surface area (Å²) in [6.07, 6.45) is 12.5. The fraction of sp³-hybridized carbons (Fsp3) is 0.870. The predicted molar refractivity (Wildman–Crippen MR) is 115 cm³/mol. The van der Waals surface area contributed by atoms with Crippen LogP contribution in [0.1, 0.15) is 85.0 Å². The van der Waals surface area contributed by atoms with Crippen LogP contribution in [0.15, 0.2) is 12.2 Å². The van der Waals surface area contributed by atoms with Gasteiger partial charge in [-0.2, -0.15) is 0 Å². The van der Waals surface area contributed by atoms with Gasteiger partial charge in [-0.1, -0.05) is 58.6 Å². The number of rotatable bonds is 14. The van der Waals surface area contributed by atoms with Crippen LogP contribution < -0.4 is 0 Å². The normalized spacial score (nSPS) is 25.3. The third-order valence-electron chi connectivity index (χ3n) is 5.87. The summed E-state index contributed by atoms with van der Waals surface area (Å²) in [5.41, 5.74) is 0. The van der Waals surface area contributed by atoms with Crippen molar-refractivity contribution in [1.29, 1.82) is 0 Å². The van der Waals surface area contributed by atoms with Gasteiger partial charge in [-0.25, -0.2) is 8.82 Å². The largest absolute Gasteiger partial charge is 0.467 e. The van der Waals surface area contributed by atoms with E-state index < -0.39 is 15.2 Å². The van der Waals surface area contributed by atoms with Gasteiger partial charge in [0.1, 0.15) is 18.1 Å². The summed E-state index contributed by atoms with van der Waals surface area (Å²) >= 11 is 0. The number of carbonyl (C=O) groups is 1. The molecule has 0 aromatic heterocycles. The summed E-state index contributed by atoms with van der Waals surface area (Å²) in [5, 5.41) is 0. The Balaban J connectivity index is 2.63. The molecule has 27 heavy (non-hydrogen) atoms. The SMILES string of the molecule is CCCC/C=C\CC1C(=O)CC(C)C1CCC(O[Si+](C)C)C(F)CCCC. The van der Waals surface area contributed by atoms with Crippen LogP contribution in [0, 0.1) is 17.8 Å². The van der Waals surface area contributed by atoms with E-state index in [1.54, 1.807) is 0 Å². The van der Waals surface area contributed by atoms with Gasteiger partial charge in [0.25, 0.3) is 0 Å². The van der Waals surface area contributed by atoms with E-state index in [1.807, 2.05) is 0 Å². The topological polar surface area (TPSA) is 26.3 Å². The minimum Gasteiger partial charge on any atom is -0.299 e. The molecule has 1 aliphatic carbocycles. The molecule has 0 amide bonds. The van der Waals surface area contributed by atoms with Crippen molar-refractivity contribution >= 4 is 14.8 Å². The monoisotopic (exact) mass is 397 g/mol. The first-order chi connectivity index (χ1) is 12.9. The summed E-state index contributed by atoms with van der Waals surface area (Å²) in [6, 6.07) is 0. The zero-order chi connectivity index (χ0) is 20.2. The zero-order valence-electron chi connectivity index (χ0n) is 18.3. The first-order valence-corrected chi connectivity index (χ1v) is 13.6. The minimum atomic E-state index is -0.925. The highest BCUT2D eigenvalue weighted by atomic mass is 28.3. The van der Waals surface area contributed by atoms with Crippen LogP contribution >= 0.6 is 0 Å². The van der Waals surface area contributed by atoms with Gasteiger partial charge in [0.15, 0.2) is 0 Å². The number of hydrogen-bond donors (Lipinski definition) is 0. The van der Waals surface area contributed by atoms with Gasteiger partial charge in [0, 0.05) is 12.3 Å². The predicted octanol–water partition coefficient (Wildman–Crippen LogP) is 6.91. The van der Waals surface area contributed by atoms with Gasteiger partial charge < -0.3 is 0 Å². The number of hydrogen-bond acceptors (Lipinski definition) is 2. The smallest absolute Gasteiger partial charge is 0.299 e. The van der Waals surface area contributed by atoms with Crippen molar-refractivity contribution < 1.29 is 13.6 Å². The molecule has 0 radical (unpaired) electrons. The molecule has 2 nitrogen and oxygen atoms in total. The molecule has 0 saturated heterocycles. The average molecular weight is 398 g/mol. The molecule has 4 heteroatoms. The molecule has 0 N–H and O–H groups in total. The first kappa shape index (κ1) is 24.6. The highest BCUT2D eigenvalue weighted by molar-refractivity contribution is 6.48. The average Bonchev–Trinajstić information content (AvgIpc) is 2.89. The van der Waals surface area contributed by atoms with Crippen LogP contribution in [-0.2, 0) is 9.22 Å². The second kappa shape index (κ2) is 13.7. The van der Waals surface area contributed by atoms with E-state index in [0.717, 1.165) is 38.5 Å². The molecule has 0 heterocycles. The molecule has 1 fully saturated rings. The molecule has 1 saturated carbocycles. The van der Waals surface area contributed by atoms with E-state index in [4.69, 9.17) is 4.43 Å². The number of carbonyl (C=O) groups excluding carboxylic acids is 1. The lowest BCUT2D eigenvalue weighted by molar-refractivity contribution is -0.121. The van der Waals surface area contributed by atoms with E-state index in [-0.39, 0.29) is 12.0 Å². The molecule has 0 aromatic carbocycles. The fourth-order valence-electron chi connectivity index (χ4n) is 4.29. The summed E-state index contributed by atoms with van der Waals surface area (Å²) in [7, 11) is -0.925. The lowest BCUT2D eigenvalue weighted by Crippen LogP contribution is -2.31. The van der Waals surface area contributed by atoms with Gasteiger partial charge in [-0.15, -0.1) is 0 Å². The van der Waals surface area contributed by atoms with Gasteiger partial charge >= 0.3 is 9.04 Å². The molecule has 0 bridgehead atoms. The Bertz CT molecular complexity index is 438. The number of Topliss-reactive ketones (excluding diaryl/α,β-unsaturated/α-hetero) is 1. The zero-order valence-corrected chi connectivity index (χ0v) is 19.3. The van der Waals surface area contributed by atoms with Crippen molar-refractivity contribution in [3.8, 4) is 0 Å². The second-order valence-electron chi connectivity index (χ2n) is 8.57. The first-order valence-electron chi connectivity index (χ1n) is 11.2. The van der Waals surface area contributed by atoms with E-state index in [9.17, 15) is 9.18 Å². The maximum absolute atomic E-state index is 14.7. The summed E-state index contributed by atoms with van der Waals surface area (Å²) in [5.74, 6) is 1.32. The lowest BCUT2D eigenvalue weighted by atomic mass is 9.83. The van der Waals surface area contributed by atoms with E-state index in [0.29, 0.717) is 30.5 Å². The Morgan fingerprint density at radius 1 is 1.19 bits per heavy atom. The van der Waals surface area contributed by atoms with Crippen molar-refractivity contribution in [2.75, 3.05) is 0 Å². The van der Waals surface area contributed by atoms with Crippen molar-refractivity contribution in [2.45, 2.75) is 110 Å². The minimum absolute atomic E-state index is 0.125. The Hall–Kier alpha value is -0.483. The van der Waals surface area contributed by atoms with Crippen LogP contribution in [0.2, 0.25) is 13.1 Å². The number of halogens is 1. The molecule has 156 valence electrons. The Morgan fingerprint density at radius 3 is 2.52 bits per heavy atom. The maximum Gasteiger partial charge on any atom is 0.467 e. The summed E-state index contributed by atoms with van der Waals surface area (Å²) in [6.45, 7) is 10.6. The lowest BCUT2D eigenvalue weighted by Gasteiger charge is -2.24. The third-order valence-corrected chi connectivity index (χ3v) is 6.65. The molecule has 1 aliphatic rings. The molecule has 1 rings (SSSR count). The summed E-state index contributed by atoms with van der Waals surface area (Å²) < 4.78 is 20.7. The highest BCUT2D eigenvalue weighted by Crippen LogP contribution is 2.40. The number of alkyl halides is 1. The molecule has 0 spiro atoms. The molecular weight excluding hydrogens is 355 g/mol. The van der Waals surface area contributed by atoms with Gasteiger partial charge in [-0.3, -0.25) is 4.79 Å². The molecule has 5 atom stereocenters. The Labute approximate surface area is 169 Å². The third kappa shape index (κ3) is 9.04. The van der Waals surface area contributed by atoms with Crippen LogP contribution in [0.25, 0.3) is 0 Å². The van der Waals surface area contributed by atoms with Crippen molar-refractivity contribution in [1.82, 2.24) is 0 Å². The van der Waals surface area contributed by atoms with Crippen molar-refractivity contribution in [3.05, 3.63) is 12.2 Å². The van der Waals surface area contributed by atoms with Crippen molar-refractivity contribution in [2.24, 2.45) is 17.8 Å². The second-order valence-corrected chi connectivity index (χ2v) is 10.6. The number of allylic oxidation sites excluding steroid dienone is 2. The molecular formula is C23H42FO2Si+. The Kier molecular flexibility index (Phi) is 12.4. The van der Waals surface area contributed by atoms with Crippen LogP contribution in [-0.4, -0.2) is 27.1 Å². The van der Waals surface area contributed by atoms with E-state index >= 15 is 0 Å². The maximum atomic E-state index is 14.7. The fourth-order valence-corrected chi connectivity index (χ4v) is 5.16.